The van der Waals surface area contributed by atoms with Gasteiger partial charge in [0.1, 0.15) is 5.75 Å². The molecule has 3 rings (SSSR count). The number of alkyl halides is 1. The number of aryl methyl sites for hydroxylation is 1. The van der Waals surface area contributed by atoms with Gasteiger partial charge >= 0.3 is 0 Å². The Morgan fingerprint density at radius 3 is 2.89 bits per heavy atom. The van der Waals surface area contributed by atoms with E-state index >= 15 is 0 Å². The third-order valence-corrected chi connectivity index (χ3v) is 4.33. The summed E-state index contributed by atoms with van der Waals surface area (Å²) in [6.07, 6.45) is 0.958. The molecule has 0 amide bonds. The fraction of sp³-hybridized carbons (Fsp3) is 0.250. The quantitative estimate of drug-likeness (QED) is 0.699. The molecule has 0 saturated heterocycles. The van der Waals surface area contributed by atoms with E-state index in [1.54, 1.807) is 0 Å². The minimum Gasteiger partial charge on any atom is -0.493 e. The van der Waals surface area contributed by atoms with Crippen molar-refractivity contribution < 1.29 is 4.74 Å². The summed E-state index contributed by atoms with van der Waals surface area (Å²) < 4.78 is 6.81. The Morgan fingerprint density at radius 2 is 2.11 bits per heavy atom. The molecule has 3 heteroatoms. The summed E-state index contributed by atoms with van der Waals surface area (Å²) in [6, 6.07) is 12.5. The summed E-state index contributed by atoms with van der Waals surface area (Å²) >= 11 is 10.2. The Kier molecular flexibility index (Phi) is 3.55. The number of fused-ring (bicyclic) bond motifs is 1. The van der Waals surface area contributed by atoms with Crippen LogP contribution < -0.4 is 4.74 Å². The first kappa shape index (κ1) is 13.0. The predicted molar refractivity (Wildman–Crippen MR) is 82.2 cm³/mol. The molecule has 0 aliphatic carbocycles. The molecule has 2 aromatic carbocycles. The summed E-state index contributed by atoms with van der Waals surface area (Å²) in [4.78, 5) is 0. The van der Waals surface area contributed by atoms with Crippen molar-refractivity contribution >= 4 is 27.5 Å². The SMILES string of the molecule is Cc1cccc(C(Cl)c2cc(Br)cc3c2OCC3)c1. The van der Waals surface area contributed by atoms with Gasteiger partial charge in [0.25, 0.3) is 0 Å². The highest BCUT2D eigenvalue weighted by atomic mass is 79.9. The van der Waals surface area contributed by atoms with Gasteiger partial charge in [-0.3, -0.25) is 0 Å². The van der Waals surface area contributed by atoms with Gasteiger partial charge < -0.3 is 4.74 Å². The normalized spacial score (nSPS) is 14.9. The van der Waals surface area contributed by atoms with Crippen LogP contribution in [0.4, 0.5) is 0 Å². The second-order valence-electron chi connectivity index (χ2n) is 4.86. The first-order valence-electron chi connectivity index (χ1n) is 6.31. The van der Waals surface area contributed by atoms with Crippen molar-refractivity contribution in [2.45, 2.75) is 18.7 Å². The zero-order valence-electron chi connectivity index (χ0n) is 10.6. The largest absolute Gasteiger partial charge is 0.493 e. The first-order chi connectivity index (χ1) is 9.15. The van der Waals surface area contributed by atoms with Crippen molar-refractivity contribution in [1.82, 2.24) is 0 Å². The van der Waals surface area contributed by atoms with Crippen molar-refractivity contribution in [3.8, 4) is 5.75 Å². The number of hydrogen-bond acceptors (Lipinski definition) is 1. The van der Waals surface area contributed by atoms with Crippen LogP contribution in [0.2, 0.25) is 0 Å². The van der Waals surface area contributed by atoms with Gasteiger partial charge in [0.15, 0.2) is 0 Å². The van der Waals surface area contributed by atoms with Gasteiger partial charge in [-0.05, 0) is 30.2 Å². The standard InChI is InChI=1S/C16H14BrClO/c1-10-3-2-4-11(7-10)15(18)14-9-13(17)8-12-5-6-19-16(12)14/h2-4,7-9,15H,5-6H2,1H3. The molecule has 0 spiro atoms. The van der Waals surface area contributed by atoms with Crippen LogP contribution >= 0.6 is 27.5 Å². The lowest BCUT2D eigenvalue weighted by molar-refractivity contribution is 0.353. The molecular weight excluding hydrogens is 324 g/mol. The molecule has 0 N–H and O–H groups in total. The highest BCUT2D eigenvalue weighted by Crippen LogP contribution is 2.41. The van der Waals surface area contributed by atoms with E-state index in [-0.39, 0.29) is 5.38 Å². The maximum Gasteiger partial charge on any atom is 0.127 e. The average molecular weight is 338 g/mol. The maximum atomic E-state index is 6.66. The van der Waals surface area contributed by atoms with Crippen LogP contribution in [-0.4, -0.2) is 6.61 Å². The molecule has 1 unspecified atom stereocenters. The minimum absolute atomic E-state index is 0.177. The lowest BCUT2D eigenvalue weighted by Gasteiger charge is -2.15. The van der Waals surface area contributed by atoms with Crippen molar-refractivity contribution in [2.24, 2.45) is 0 Å². The fourth-order valence-corrected chi connectivity index (χ4v) is 3.31. The fourth-order valence-electron chi connectivity index (χ4n) is 2.49. The van der Waals surface area contributed by atoms with E-state index in [9.17, 15) is 0 Å². The molecule has 1 heterocycles. The van der Waals surface area contributed by atoms with Crippen molar-refractivity contribution in [2.75, 3.05) is 6.61 Å². The summed E-state index contributed by atoms with van der Waals surface area (Å²) in [6.45, 7) is 2.82. The van der Waals surface area contributed by atoms with Crippen molar-refractivity contribution in [3.05, 3.63) is 63.1 Å². The lowest BCUT2D eigenvalue weighted by Crippen LogP contribution is -1.98. The highest BCUT2D eigenvalue weighted by molar-refractivity contribution is 9.10. The van der Waals surface area contributed by atoms with E-state index in [1.807, 2.05) is 6.07 Å². The molecule has 2 aromatic rings. The molecule has 0 aromatic heterocycles. The molecular formula is C16H14BrClO. The van der Waals surface area contributed by atoms with E-state index in [0.29, 0.717) is 0 Å². The summed E-state index contributed by atoms with van der Waals surface area (Å²) in [5.41, 5.74) is 4.62. The second kappa shape index (κ2) is 5.18. The number of ether oxygens (including phenoxy) is 1. The van der Waals surface area contributed by atoms with Gasteiger partial charge in [-0.1, -0.05) is 45.8 Å². The Bertz CT molecular complexity index is 624. The number of hydrogen-bond donors (Lipinski definition) is 0. The molecule has 1 aliphatic heterocycles. The molecule has 1 nitrogen and oxygen atoms in total. The summed E-state index contributed by atoms with van der Waals surface area (Å²) in [7, 11) is 0. The molecule has 0 bridgehead atoms. The van der Waals surface area contributed by atoms with E-state index < -0.39 is 0 Å². The predicted octanol–water partition coefficient (Wildman–Crippen LogP) is 5.02. The Labute approximate surface area is 126 Å². The van der Waals surface area contributed by atoms with Gasteiger partial charge in [-0.25, -0.2) is 0 Å². The summed E-state index contributed by atoms with van der Waals surface area (Å²) in [5, 5.41) is -0.177. The molecule has 0 saturated carbocycles. The molecule has 0 radical (unpaired) electrons. The zero-order chi connectivity index (χ0) is 13.4. The third-order valence-electron chi connectivity index (χ3n) is 3.38. The Balaban J connectivity index is 2.07. The molecule has 0 fully saturated rings. The summed E-state index contributed by atoms with van der Waals surface area (Å²) in [5.74, 6) is 0.963. The van der Waals surface area contributed by atoms with Crippen LogP contribution in [0.15, 0.2) is 40.9 Å². The van der Waals surface area contributed by atoms with E-state index in [1.165, 1.54) is 11.1 Å². The van der Waals surface area contributed by atoms with E-state index in [4.69, 9.17) is 16.3 Å². The molecule has 98 valence electrons. The zero-order valence-corrected chi connectivity index (χ0v) is 13.0. The second-order valence-corrected chi connectivity index (χ2v) is 6.21. The highest BCUT2D eigenvalue weighted by Gasteiger charge is 2.23. The number of rotatable bonds is 2. The third kappa shape index (κ3) is 2.52. The minimum atomic E-state index is -0.177. The van der Waals surface area contributed by atoms with E-state index in [2.05, 4.69) is 53.2 Å². The van der Waals surface area contributed by atoms with Gasteiger partial charge in [0.05, 0.1) is 12.0 Å². The smallest absolute Gasteiger partial charge is 0.127 e. The number of benzene rings is 2. The van der Waals surface area contributed by atoms with Gasteiger partial charge in [-0.2, -0.15) is 0 Å². The van der Waals surface area contributed by atoms with Crippen LogP contribution in [0.25, 0.3) is 0 Å². The average Bonchev–Trinajstić information content (AvgIpc) is 2.85. The molecule has 1 atom stereocenters. The van der Waals surface area contributed by atoms with Crippen molar-refractivity contribution in [3.63, 3.8) is 0 Å². The molecule has 19 heavy (non-hydrogen) atoms. The number of halogens is 2. The van der Waals surface area contributed by atoms with E-state index in [0.717, 1.165) is 34.4 Å². The van der Waals surface area contributed by atoms with Gasteiger partial charge in [0.2, 0.25) is 0 Å². The van der Waals surface area contributed by atoms with Crippen LogP contribution in [-0.2, 0) is 6.42 Å². The monoisotopic (exact) mass is 336 g/mol. The Morgan fingerprint density at radius 1 is 1.26 bits per heavy atom. The Hall–Kier alpha value is -0.990. The first-order valence-corrected chi connectivity index (χ1v) is 7.54. The lowest BCUT2D eigenvalue weighted by atomic mass is 9.99. The van der Waals surface area contributed by atoms with Crippen LogP contribution in [0.3, 0.4) is 0 Å². The van der Waals surface area contributed by atoms with Gasteiger partial charge in [0, 0.05) is 16.5 Å². The maximum absolute atomic E-state index is 6.66. The van der Waals surface area contributed by atoms with Crippen LogP contribution in [0.1, 0.15) is 27.6 Å². The van der Waals surface area contributed by atoms with Crippen molar-refractivity contribution in [1.29, 1.82) is 0 Å². The van der Waals surface area contributed by atoms with Gasteiger partial charge in [-0.15, -0.1) is 11.6 Å². The van der Waals surface area contributed by atoms with Crippen LogP contribution in [0.5, 0.6) is 5.75 Å². The topological polar surface area (TPSA) is 9.23 Å². The van der Waals surface area contributed by atoms with Crippen LogP contribution in [0, 0.1) is 6.92 Å². The molecule has 1 aliphatic rings.